The van der Waals surface area contributed by atoms with Gasteiger partial charge in [0.25, 0.3) is 0 Å². The standard InChI is InChI=1S/C18H20ClN3O3S/c19-16-8-1-2-9-17(16)20-13-18(23)21-14-6-5-7-15(12-14)26(24,25)22-10-3-4-11-22/h1-2,5-9,12,20H,3-4,10-11,13H2,(H,21,23). The van der Waals surface area contributed by atoms with Crippen molar-refractivity contribution in [1.82, 2.24) is 4.31 Å². The van der Waals surface area contributed by atoms with Gasteiger partial charge in [-0.25, -0.2) is 8.42 Å². The predicted molar refractivity (Wildman–Crippen MR) is 103 cm³/mol. The zero-order valence-electron chi connectivity index (χ0n) is 14.1. The Morgan fingerprint density at radius 2 is 1.81 bits per heavy atom. The molecule has 1 amide bonds. The van der Waals surface area contributed by atoms with Crippen LogP contribution in [0.1, 0.15) is 12.8 Å². The van der Waals surface area contributed by atoms with Crippen LogP contribution >= 0.6 is 11.6 Å². The second kappa shape index (κ2) is 8.07. The quantitative estimate of drug-likeness (QED) is 0.790. The van der Waals surface area contributed by atoms with Gasteiger partial charge in [-0.15, -0.1) is 0 Å². The number of nitrogens with zero attached hydrogens (tertiary/aromatic N) is 1. The predicted octanol–water partition coefficient (Wildman–Crippen LogP) is 3.18. The van der Waals surface area contributed by atoms with Gasteiger partial charge < -0.3 is 10.6 Å². The van der Waals surface area contributed by atoms with E-state index in [2.05, 4.69) is 10.6 Å². The van der Waals surface area contributed by atoms with Crippen molar-refractivity contribution in [3.63, 3.8) is 0 Å². The Labute approximate surface area is 158 Å². The lowest BCUT2D eigenvalue weighted by atomic mass is 10.3. The van der Waals surface area contributed by atoms with E-state index in [0.29, 0.717) is 29.5 Å². The average molecular weight is 394 g/mol. The first-order valence-electron chi connectivity index (χ1n) is 8.35. The molecule has 1 heterocycles. The van der Waals surface area contributed by atoms with Crippen LogP contribution in [0.2, 0.25) is 5.02 Å². The van der Waals surface area contributed by atoms with Gasteiger partial charge in [0.2, 0.25) is 15.9 Å². The van der Waals surface area contributed by atoms with Crippen LogP contribution < -0.4 is 10.6 Å². The minimum Gasteiger partial charge on any atom is -0.375 e. The Bertz CT molecular complexity index is 896. The number of benzene rings is 2. The molecule has 1 saturated heterocycles. The number of carbonyl (C=O) groups excluding carboxylic acids is 1. The van der Waals surface area contributed by atoms with Crippen LogP contribution in [0.5, 0.6) is 0 Å². The second-order valence-corrected chi connectivity index (χ2v) is 8.37. The third kappa shape index (κ3) is 4.35. The summed E-state index contributed by atoms with van der Waals surface area (Å²) >= 11 is 6.04. The Morgan fingerprint density at radius 3 is 2.54 bits per heavy atom. The van der Waals surface area contributed by atoms with E-state index in [1.807, 2.05) is 6.07 Å². The fourth-order valence-electron chi connectivity index (χ4n) is 2.80. The zero-order valence-corrected chi connectivity index (χ0v) is 15.7. The van der Waals surface area contributed by atoms with Crippen molar-refractivity contribution in [2.45, 2.75) is 17.7 Å². The van der Waals surface area contributed by atoms with Crippen LogP contribution in [0.4, 0.5) is 11.4 Å². The maximum Gasteiger partial charge on any atom is 0.243 e. The summed E-state index contributed by atoms with van der Waals surface area (Å²) in [6.45, 7) is 1.11. The lowest BCUT2D eigenvalue weighted by molar-refractivity contribution is -0.114. The van der Waals surface area contributed by atoms with Gasteiger partial charge in [-0.05, 0) is 43.2 Å². The molecule has 3 rings (SSSR count). The number of nitrogens with one attached hydrogen (secondary N) is 2. The molecular formula is C18H20ClN3O3S. The van der Waals surface area contributed by atoms with Gasteiger partial charge >= 0.3 is 0 Å². The molecule has 1 fully saturated rings. The molecule has 0 radical (unpaired) electrons. The van der Waals surface area contributed by atoms with Crippen LogP contribution in [-0.2, 0) is 14.8 Å². The average Bonchev–Trinajstić information content (AvgIpc) is 3.17. The zero-order chi connectivity index (χ0) is 18.6. The van der Waals surface area contributed by atoms with E-state index < -0.39 is 10.0 Å². The highest BCUT2D eigenvalue weighted by molar-refractivity contribution is 7.89. The first-order chi connectivity index (χ1) is 12.5. The first kappa shape index (κ1) is 18.7. The van der Waals surface area contributed by atoms with E-state index in [0.717, 1.165) is 12.8 Å². The number of carbonyl (C=O) groups is 1. The summed E-state index contributed by atoms with van der Waals surface area (Å²) in [5.74, 6) is -0.291. The van der Waals surface area contributed by atoms with Gasteiger partial charge in [-0.2, -0.15) is 4.31 Å². The Hall–Kier alpha value is -2.09. The molecule has 0 spiro atoms. The topological polar surface area (TPSA) is 78.5 Å². The van der Waals surface area contributed by atoms with E-state index in [1.165, 1.54) is 10.4 Å². The molecule has 0 aromatic heterocycles. The van der Waals surface area contributed by atoms with Gasteiger partial charge in [-0.3, -0.25) is 4.79 Å². The Kier molecular flexibility index (Phi) is 5.80. The molecule has 6 nitrogen and oxygen atoms in total. The number of hydrogen-bond acceptors (Lipinski definition) is 4. The lowest BCUT2D eigenvalue weighted by Crippen LogP contribution is -2.28. The maximum atomic E-state index is 12.6. The van der Waals surface area contributed by atoms with E-state index in [1.54, 1.807) is 36.4 Å². The third-order valence-corrected chi connectivity index (χ3v) is 6.36. The van der Waals surface area contributed by atoms with Crippen molar-refractivity contribution >= 4 is 38.9 Å². The van der Waals surface area contributed by atoms with Crippen LogP contribution in [0.25, 0.3) is 0 Å². The van der Waals surface area contributed by atoms with E-state index in [-0.39, 0.29) is 17.3 Å². The molecule has 0 aliphatic carbocycles. The summed E-state index contributed by atoms with van der Waals surface area (Å²) < 4.78 is 26.7. The minimum absolute atomic E-state index is 0.0207. The molecule has 1 aliphatic heterocycles. The second-order valence-electron chi connectivity index (χ2n) is 6.02. The van der Waals surface area contributed by atoms with Crippen LogP contribution in [0, 0.1) is 0 Å². The largest absolute Gasteiger partial charge is 0.375 e. The highest BCUT2D eigenvalue weighted by Gasteiger charge is 2.27. The van der Waals surface area contributed by atoms with Crippen molar-refractivity contribution in [3.8, 4) is 0 Å². The number of rotatable bonds is 6. The third-order valence-electron chi connectivity index (χ3n) is 4.13. The molecule has 2 aromatic carbocycles. The normalized spacial score (nSPS) is 15.0. The van der Waals surface area contributed by atoms with Crippen molar-refractivity contribution in [1.29, 1.82) is 0 Å². The number of anilines is 2. The maximum absolute atomic E-state index is 12.6. The van der Waals surface area contributed by atoms with Gasteiger partial charge in [0.05, 0.1) is 22.2 Å². The summed E-state index contributed by atoms with van der Waals surface area (Å²) in [4.78, 5) is 12.3. The SMILES string of the molecule is O=C(CNc1ccccc1Cl)Nc1cccc(S(=O)(=O)N2CCCC2)c1. The minimum atomic E-state index is -3.51. The lowest BCUT2D eigenvalue weighted by Gasteiger charge is -2.16. The van der Waals surface area contributed by atoms with Crippen molar-refractivity contribution in [3.05, 3.63) is 53.6 Å². The number of amides is 1. The number of hydrogen-bond donors (Lipinski definition) is 2. The summed E-state index contributed by atoms with van der Waals surface area (Å²) in [5, 5.41) is 6.19. The highest BCUT2D eigenvalue weighted by atomic mass is 35.5. The van der Waals surface area contributed by atoms with E-state index >= 15 is 0 Å². The number of para-hydroxylation sites is 1. The summed E-state index contributed by atoms with van der Waals surface area (Å²) in [5.41, 5.74) is 1.10. The van der Waals surface area contributed by atoms with Crippen molar-refractivity contribution < 1.29 is 13.2 Å². The van der Waals surface area contributed by atoms with Crippen LogP contribution in [-0.4, -0.2) is 38.3 Å². The van der Waals surface area contributed by atoms with Gasteiger partial charge in [0, 0.05) is 18.8 Å². The molecule has 0 saturated carbocycles. The molecule has 0 bridgehead atoms. The van der Waals surface area contributed by atoms with Gasteiger partial charge in [0.1, 0.15) is 0 Å². The Balaban J connectivity index is 1.65. The van der Waals surface area contributed by atoms with E-state index in [9.17, 15) is 13.2 Å². The fraction of sp³-hybridized carbons (Fsp3) is 0.278. The number of halogens is 1. The molecule has 2 N–H and O–H groups in total. The molecule has 1 aliphatic rings. The van der Waals surface area contributed by atoms with Gasteiger partial charge in [-0.1, -0.05) is 29.8 Å². The molecule has 26 heavy (non-hydrogen) atoms. The molecule has 138 valence electrons. The summed E-state index contributed by atoms with van der Waals surface area (Å²) in [6.07, 6.45) is 1.76. The first-order valence-corrected chi connectivity index (χ1v) is 10.2. The monoisotopic (exact) mass is 393 g/mol. The summed E-state index contributed by atoms with van der Waals surface area (Å²) in [6, 6.07) is 13.5. The smallest absolute Gasteiger partial charge is 0.243 e. The van der Waals surface area contributed by atoms with Crippen LogP contribution in [0.3, 0.4) is 0 Å². The molecule has 8 heteroatoms. The molecule has 2 aromatic rings. The summed E-state index contributed by atoms with van der Waals surface area (Å²) in [7, 11) is -3.51. The van der Waals surface area contributed by atoms with Crippen LogP contribution in [0.15, 0.2) is 53.4 Å². The highest BCUT2D eigenvalue weighted by Crippen LogP contribution is 2.23. The van der Waals surface area contributed by atoms with E-state index in [4.69, 9.17) is 11.6 Å². The van der Waals surface area contributed by atoms with Gasteiger partial charge in [0.15, 0.2) is 0 Å². The fourth-order valence-corrected chi connectivity index (χ4v) is 4.56. The Morgan fingerprint density at radius 1 is 1.08 bits per heavy atom. The van der Waals surface area contributed by atoms with Crippen molar-refractivity contribution in [2.24, 2.45) is 0 Å². The van der Waals surface area contributed by atoms with Crippen molar-refractivity contribution in [2.75, 3.05) is 30.3 Å². The molecule has 0 unspecified atom stereocenters. The molecule has 0 atom stereocenters. The molecular weight excluding hydrogens is 374 g/mol. The number of sulfonamides is 1.